The molecule has 1 fully saturated rings. The molecule has 2 aromatic carbocycles. The van der Waals surface area contributed by atoms with Gasteiger partial charge in [-0.15, -0.1) is 0 Å². The first-order chi connectivity index (χ1) is 14.3. The lowest BCUT2D eigenvalue weighted by Gasteiger charge is -2.45. The van der Waals surface area contributed by atoms with Crippen LogP contribution in [0.2, 0.25) is 5.04 Å². The van der Waals surface area contributed by atoms with Gasteiger partial charge < -0.3 is 14.0 Å². The number of ether oxygens (including phenoxy) is 1. The Balaban J connectivity index is 2.06. The van der Waals surface area contributed by atoms with Crippen molar-refractivity contribution in [1.29, 1.82) is 0 Å². The van der Waals surface area contributed by atoms with Crippen LogP contribution in [-0.2, 0) is 18.8 Å². The topological polar surface area (TPSA) is 52.6 Å². The summed E-state index contributed by atoms with van der Waals surface area (Å²) in [5, 5.41) is 2.17. The molecule has 4 nitrogen and oxygen atoms in total. The van der Waals surface area contributed by atoms with Crippen LogP contribution in [0.1, 0.15) is 40.5 Å². The summed E-state index contributed by atoms with van der Waals surface area (Å²) in [7, 11) is -2.77. The first kappa shape index (κ1) is 22.4. The molecule has 30 heavy (non-hydrogen) atoms. The van der Waals surface area contributed by atoms with Crippen molar-refractivity contribution in [3.8, 4) is 0 Å². The predicted molar refractivity (Wildman–Crippen MR) is 121 cm³/mol. The van der Waals surface area contributed by atoms with Crippen molar-refractivity contribution in [2.45, 2.75) is 51.7 Å². The van der Waals surface area contributed by atoms with Crippen molar-refractivity contribution < 1.29 is 18.8 Å². The summed E-state index contributed by atoms with van der Waals surface area (Å²) >= 11 is 0. The molecule has 3 unspecified atom stereocenters. The van der Waals surface area contributed by atoms with E-state index in [1.54, 1.807) is 0 Å². The van der Waals surface area contributed by atoms with Crippen molar-refractivity contribution >= 4 is 30.9 Å². The molecular weight excluding hydrogens is 392 g/mol. The Morgan fingerprint density at radius 1 is 1.07 bits per heavy atom. The number of carbonyl (C=O) groups excluding carboxylic acids is 2. The van der Waals surface area contributed by atoms with E-state index < -0.39 is 8.32 Å². The molecule has 0 heterocycles. The molecule has 1 aliphatic rings. The van der Waals surface area contributed by atoms with Gasteiger partial charge in [-0.2, -0.15) is 0 Å². The van der Waals surface area contributed by atoms with Gasteiger partial charge in [-0.3, -0.25) is 4.79 Å². The summed E-state index contributed by atoms with van der Waals surface area (Å²) in [6.07, 6.45) is 1.62. The van der Waals surface area contributed by atoms with E-state index in [1.807, 2.05) is 43.3 Å². The molecule has 160 valence electrons. The molecule has 2 aromatic rings. The number of benzene rings is 2. The van der Waals surface area contributed by atoms with E-state index in [9.17, 15) is 9.59 Å². The molecule has 0 spiro atoms. The van der Waals surface area contributed by atoms with E-state index in [-0.39, 0.29) is 35.4 Å². The Morgan fingerprint density at radius 3 is 2.03 bits per heavy atom. The fraction of sp³-hybridized carbons (Fsp3) is 0.440. The highest BCUT2D eigenvalue weighted by atomic mass is 28.4. The van der Waals surface area contributed by atoms with E-state index in [4.69, 9.17) is 9.16 Å². The molecule has 1 aliphatic carbocycles. The van der Waals surface area contributed by atoms with Crippen LogP contribution in [-0.4, -0.2) is 33.3 Å². The Bertz CT molecular complexity index is 805. The van der Waals surface area contributed by atoms with Crippen molar-refractivity contribution in [1.82, 2.24) is 0 Å². The van der Waals surface area contributed by atoms with Gasteiger partial charge in [0, 0.05) is 6.42 Å². The van der Waals surface area contributed by atoms with Crippen molar-refractivity contribution in [2.24, 2.45) is 11.8 Å². The maximum atomic E-state index is 12.3. The quantitative estimate of drug-likeness (QED) is 0.350. The Labute approximate surface area is 180 Å². The Hall–Kier alpha value is -2.24. The minimum absolute atomic E-state index is 0.0240. The van der Waals surface area contributed by atoms with Crippen molar-refractivity contribution in [2.75, 3.05) is 6.61 Å². The van der Waals surface area contributed by atoms with Crippen LogP contribution < -0.4 is 10.4 Å². The molecular formula is C25H32O4Si. The molecule has 3 atom stereocenters. The standard InChI is InChI=1S/C25H32O4Si/c1-5-28-24(27)22-18-21(22)23(16-17-26)29-30(25(2,3)4,19-12-8-6-9-13-19)20-14-10-7-11-15-20/h6-15,17,21-23H,5,16,18H2,1-4H3. The monoisotopic (exact) mass is 424 g/mol. The van der Waals surface area contributed by atoms with Gasteiger partial charge in [-0.1, -0.05) is 81.4 Å². The van der Waals surface area contributed by atoms with Crippen LogP contribution in [0.3, 0.4) is 0 Å². The number of rotatable bonds is 9. The number of aldehydes is 1. The first-order valence-corrected chi connectivity index (χ1v) is 12.6. The number of hydrogen-bond acceptors (Lipinski definition) is 4. The molecule has 0 aliphatic heterocycles. The van der Waals surface area contributed by atoms with Crippen LogP contribution in [0.5, 0.6) is 0 Å². The van der Waals surface area contributed by atoms with E-state index in [0.29, 0.717) is 6.61 Å². The van der Waals surface area contributed by atoms with Crippen LogP contribution in [0, 0.1) is 11.8 Å². The summed E-state index contributed by atoms with van der Waals surface area (Å²) in [5.41, 5.74) is 0. The number of carbonyl (C=O) groups is 2. The van der Waals surface area contributed by atoms with Gasteiger partial charge in [0.1, 0.15) is 6.29 Å². The summed E-state index contributed by atoms with van der Waals surface area (Å²) < 4.78 is 12.3. The average molecular weight is 425 g/mol. The molecule has 0 aromatic heterocycles. The second kappa shape index (κ2) is 9.27. The third-order valence-corrected chi connectivity index (χ3v) is 11.0. The highest BCUT2D eigenvalue weighted by Gasteiger charge is 2.56. The largest absolute Gasteiger partial charge is 0.466 e. The Kier molecular flexibility index (Phi) is 6.94. The third-order valence-electron chi connectivity index (χ3n) is 5.98. The minimum Gasteiger partial charge on any atom is -0.466 e. The van der Waals surface area contributed by atoms with Gasteiger partial charge in [0.15, 0.2) is 0 Å². The highest BCUT2D eigenvalue weighted by Crippen LogP contribution is 2.47. The molecule has 0 saturated heterocycles. The second-order valence-corrected chi connectivity index (χ2v) is 13.2. The van der Waals surface area contributed by atoms with Crippen molar-refractivity contribution in [3.05, 3.63) is 60.7 Å². The zero-order chi connectivity index (χ0) is 21.8. The lowest BCUT2D eigenvalue weighted by molar-refractivity contribution is -0.145. The van der Waals surface area contributed by atoms with Crippen LogP contribution >= 0.6 is 0 Å². The maximum Gasteiger partial charge on any atom is 0.309 e. The fourth-order valence-corrected chi connectivity index (χ4v) is 9.21. The van der Waals surface area contributed by atoms with Crippen LogP contribution in [0.25, 0.3) is 0 Å². The van der Waals surface area contributed by atoms with Gasteiger partial charge in [0.2, 0.25) is 0 Å². The molecule has 0 amide bonds. The Morgan fingerprint density at radius 2 is 1.60 bits per heavy atom. The average Bonchev–Trinajstić information content (AvgIpc) is 3.53. The van der Waals surface area contributed by atoms with E-state index >= 15 is 0 Å². The molecule has 0 radical (unpaired) electrons. The molecule has 1 saturated carbocycles. The zero-order valence-corrected chi connectivity index (χ0v) is 19.3. The minimum atomic E-state index is -2.77. The van der Waals surface area contributed by atoms with Crippen LogP contribution in [0.4, 0.5) is 0 Å². The lowest BCUT2D eigenvalue weighted by atomic mass is 10.1. The maximum absolute atomic E-state index is 12.3. The van der Waals surface area contributed by atoms with Crippen molar-refractivity contribution in [3.63, 3.8) is 0 Å². The van der Waals surface area contributed by atoms with Gasteiger partial charge in [-0.25, -0.2) is 0 Å². The SMILES string of the molecule is CCOC(=O)C1CC1C(CC=O)O[Si](c1ccccc1)(c1ccccc1)C(C)(C)C. The molecule has 3 rings (SSSR count). The van der Waals surface area contributed by atoms with Gasteiger partial charge in [0.25, 0.3) is 8.32 Å². The molecule has 5 heteroatoms. The summed E-state index contributed by atoms with van der Waals surface area (Å²) in [5.74, 6) is -0.325. The van der Waals surface area contributed by atoms with E-state index in [2.05, 4.69) is 45.0 Å². The summed E-state index contributed by atoms with van der Waals surface area (Å²) in [6, 6.07) is 20.7. The number of esters is 1. The first-order valence-electron chi connectivity index (χ1n) is 10.7. The summed E-state index contributed by atoms with van der Waals surface area (Å²) in [4.78, 5) is 23.8. The van der Waals surface area contributed by atoms with Gasteiger partial charge in [0.05, 0.1) is 18.6 Å². The lowest BCUT2D eigenvalue weighted by Crippen LogP contribution is -2.68. The number of hydrogen-bond donors (Lipinski definition) is 0. The van der Waals surface area contributed by atoms with Gasteiger partial charge in [-0.05, 0) is 34.7 Å². The molecule has 0 bridgehead atoms. The normalized spacial score (nSPS) is 19.7. The van der Waals surface area contributed by atoms with E-state index in [1.165, 1.54) is 10.4 Å². The second-order valence-electron chi connectivity index (χ2n) is 8.98. The smallest absolute Gasteiger partial charge is 0.309 e. The zero-order valence-electron chi connectivity index (χ0n) is 18.3. The van der Waals surface area contributed by atoms with E-state index in [0.717, 1.165) is 12.7 Å². The third kappa shape index (κ3) is 4.42. The van der Waals surface area contributed by atoms with Gasteiger partial charge >= 0.3 is 5.97 Å². The van der Waals surface area contributed by atoms with Crippen LogP contribution in [0.15, 0.2) is 60.7 Å². The molecule has 0 N–H and O–H groups in total. The predicted octanol–water partition coefficient (Wildman–Crippen LogP) is 3.72. The summed E-state index contributed by atoms with van der Waals surface area (Å²) in [6.45, 7) is 8.83. The highest BCUT2D eigenvalue weighted by molar-refractivity contribution is 6.99. The fourth-order valence-electron chi connectivity index (χ4n) is 4.47.